The van der Waals surface area contributed by atoms with E-state index in [1.807, 2.05) is 25.1 Å². The lowest BCUT2D eigenvalue weighted by Crippen LogP contribution is -1.75. The van der Waals surface area contributed by atoms with E-state index in [1.165, 1.54) is 0 Å². The first-order chi connectivity index (χ1) is 6.77. The molecule has 2 rings (SSSR count). The van der Waals surface area contributed by atoms with Crippen LogP contribution in [0.5, 0.6) is 5.75 Å². The fourth-order valence-corrected chi connectivity index (χ4v) is 1.05. The Morgan fingerprint density at radius 2 is 2.07 bits per heavy atom. The molecule has 0 amide bonds. The van der Waals surface area contributed by atoms with Crippen LogP contribution in [0.4, 0.5) is 0 Å². The molecular weight excluding hydrogens is 174 g/mol. The summed E-state index contributed by atoms with van der Waals surface area (Å²) in [4.78, 5) is 4.08. The fourth-order valence-electron chi connectivity index (χ4n) is 1.05. The van der Waals surface area contributed by atoms with Gasteiger partial charge in [0.15, 0.2) is 0 Å². The van der Waals surface area contributed by atoms with E-state index in [0.717, 1.165) is 10.9 Å². The number of phenolic OH excluding ortho intramolecular Hbond substituents is 1. The number of rotatable bonds is 0. The van der Waals surface area contributed by atoms with E-state index < -0.39 is 0 Å². The molecule has 0 radical (unpaired) electrons. The number of pyridine rings is 1. The lowest BCUT2D eigenvalue weighted by molar-refractivity contribution is 0.476. The van der Waals surface area contributed by atoms with Crippen molar-refractivity contribution in [3.8, 4) is 5.75 Å². The third-order valence-corrected chi connectivity index (χ3v) is 1.59. The van der Waals surface area contributed by atoms with E-state index in [2.05, 4.69) is 11.6 Å². The number of fused-ring (bicyclic) bond motifs is 1. The Morgan fingerprint density at radius 3 is 2.79 bits per heavy atom. The SMILES string of the molecule is C=CC.Oc1ccc2cccnc2c1. The average molecular weight is 187 g/mol. The highest BCUT2D eigenvalue weighted by molar-refractivity contribution is 5.79. The number of hydrogen-bond donors (Lipinski definition) is 1. The minimum atomic E-state index is 0.260. The van der Waals surface area contributed by atoms with Crippen LogP contribution >= 0.6 is 0 Å². The van der Waals surface area contributed by atoms with Gasteiger partial charge in [0.2, 0.25) is 0 Å². The molecule has 0 atom stereocenters. The average Bonchev–Trinajstić information content (AvgIpc) is 2.19. The van der Waals surface area contributed by atoms with Crippen molar-refractivity contribution >= 4 is 10.9 Å². The van der Waals surface area contributed by atoms with Crippen molar-refractivity contribution in [1.82, 2.24) is 4.98 Å². The molecule has 0 saturated heterocycles. The van der Waals surface area contributed by atoms with Crippen LogP contribution in [-0.4, -0.2) is 10.1 Å². The van der Waals surface area contributed by atoms with Crippen LogP contribution in [0, 0.1) is 0 Å². The first-order valence-corrected chi connectivity index (χ1v) is 4.38. The summed E-state index contributed by atoms with van der Waals surface area (Å²) < 4.78 is 0. The maximum absolute atomic E-state index is 9.09. The number of phenols is 1. The quantitative estimate of drug-likeness (QED) is 0.643. The highest BCUT2D eigenvalue weighted by Gasteiger charge is 1.92. The van der Waals surface area contributed by atoms with Gasteiger partial charge in [-0.15, -0.1) is 6.58 Å². The summed E-state index contributed by atoms with van der Waals surface area (Å²) in [6, 6.07) is 8.98. The van der Waals surface area contributed by atoms with Crippen molar-refractivity contribution in [3.63, 3.8) is 0 Å². The molecule has 1 N–H and O–H groups in total. The summed E-state index contributed by atoms with van der Waals surface area (Å²) >= 11 is 0. The molecule has 1 aromatic heterocycles. The molecule has 14 heavy (non-hydrogen) atoms. The Bertz CT molecular complexity index is 423. The molecule has 0 saturated carbocycles. The monoisotopic (exact) mass is 187 g/mol. The normalized spacial score (nSPS) is 8.93. The van der Waals surface area contributed by atoms with Gasteiger partial charge in [-0.1, -0.05) is 12.1 Å². The molecule has 0 aliphatic rings. The maximum Gasteiger partial charge on any atom is 0.117 e. The van der Waals surface area contributed by atoms with Crippen LogP contribution in [-0.2, 0) is 0 Å². The number of aromatic nitrogens is 1. The Balaban J connectivity index is 0.000000293. The van der Waals surface area contributed by atoms with Gasteiger partial charge < -0.3 is 5.11 Å². The summed E-state index contributed by atoms with van der Waals surface area (Å²) in [5.74, 6) is 0.260. The van der Waals surface area contributed by atoms with Crippen molar-refractivity contribution in [2.75, 3.05) is 0 Å². The highest BCUT2D eigenvalue weighted by Crippen LogP contribution is 2.16. The van der Waals surface area contributed by atoms with Crippen molar-refractivity contribution in [2.24, 2.45) is 0 Å². The molecule has 1 aromatic carbocycles. The zero-order chi connectivity index (χ0) is 10.4. The third kappa shape index (κ3) is 2.59. The van der Waals surface area contributed by atoms with Crippen molar-refractivity contribution in [1.29, 1.82) is 0 Å². The van der Waals surface area contributed by atoms with Gasteiger partial charge in [0, 0.05) is 17.6 Å². The van der Waals surface area contributed by atoms with E-state index >= 15 is 0 Å². The summed E-state index contributed by atoms with van der Waals surface area (Å²) in [7, 11) is 0. The van der Waals surface area contributed by atoms with E-state index in [9.17, 15) is 0 Å². The predicted molar refractivity (Wildman–Crippen MR) is 59.3 cm³/mol. The molecule has 0 spiro atoms. The van der Waals surface area contributed by atoms with Gasteiger partial charge in [-0.3, -0.25) is 4.98 Å². The molecule has 0 aliphatic heterocycles. The summed E-state index contributed by atoms with van der Waals surface area (Å²) in [6.45, 7) is 5.25. The smallest absolute Gasteiger partial charge is 0.117 e. The number of nitrogens with zero attached hydrogens (tertiary/aromatic N) is 1. The Kier molecular flexibility index (Phi) is 3.68. The number of hydrogen-bond acceptors (Lipinski definition) is 2. The van der Waals surface area contributed by atoms with E-state index in [-0.39, 0.29) is 5.75 Å². The largest absolute Gasteiger partial charge is 0.508 e. The molecule has 72 valence electrons. The first kappa shape index (κ1) is 10.3. The zero-order valence-electron chi connectivity index (χ0n) is 8.14. The van der Waals surface area contributed by atoms with Crippen LogP contribution < -0.4 is 0 Å². The van der Waals surface area contributed by atoms with Crippen LogP contribution in [0.3, 0.4) is 0 Å². The lowest BCUT2D eigenvalue weighted by Gasteiger charge is -1.95. The molecular formula is C12H13NO. The molecule has 0 aliphatic carbocycles. The van der Waals surface area contributed by atoms with Gasteiger partial charge in [0.1, 0.15) is 5.75 Å². The van der Waals surface area contributed by atoms with Crippen LogP contribution in [0.25, 0.3) is 10.9 Å². The van der Waals surface area contributed by atoms with Crippen molar-refractivity contribution in [3.05, 3.63) is 49.2 Å². The standard InChI is InChI=1S/C9H7NO.C3H6/c11-8-4-3-7-2-1-5-10-9(7)6-8;1-3-2/h1-6,11H;3H,1H2,2H3. The van der Waals surface area contributed by atoms with E-state index in [0.29, 0.717) is 0 Å². The predicted octanol–water partition coefficient (Wildman–Crippen LogP) is 3.13. The minimum Gasteiger partial charge on any atom is -0.508 e. The molecule has 2 nitrogen and oxygen atoms in total. The lowest BCUT2D eigenvalue weighted by atomic mass is 10.2. The van der Waals surface area contributed by atoms with E-state index in [1.54, 1.807) is 24.4 Å². The number of allylic oxidation sites excluding steroid dienone is 1. The summed E-state index contributed by atoms with van der Waals surface area (Å²) in [5, 5.41) is 10.1. The maximum atomic E-state index is 9.09. The molecule has 2 aromatic rings. The van der Waals surface area contributed by atoms with Crippen LogP contribution in [0.1, 0.15) is 6.92 Å². The first-order valence-electron chi connectivity index (χ1n) is 4.38. The van der Waals surface area contributed by atoms with Crippen LogP contribution in [0.15, 0.2) is 49.2 Å². The second kappa shape index (κ2) is 5.02. The van der Waals surface area contributed by atoms with Crippen molar-refractivity contribution in [2.45, 2.75) is 6.92 Å². The number of aromatic hydroxyl groups is 1. The Morgan fingerprint density at radius 1 is 1.36 bits per heavy atom. The van der Waals surface area contributed by atoms with E-state index in [4.69, 9.17) is 5.11 Å². The zero-order valence-corrected chi connectivity index (χ0v) is 8.14. The molecule has 1 heterocycles. The third-order valence-electron chi connectivity index (χ3n) is 1.59. The van der Waals surface area contributed by atoms with Gasteiger partial charge in [-0.25, -0.2) is 0 Å². The summed E-state index contributed by atoms with van der Waals surface area (Å²) in [6.07, 6.45) is 3.46. The molecule has 2 heteroatoms. The topological polar surface area (TPSA) is 33.1 Å². The fraction of sp³-hybridized carbons (Fsp3) is 0.0833. The van der Waals surface area contributed by atoms with Gasteiger partial charge in [-0.05, 0) is 25.1 Å². The van der Waals surface area contributed by atoms with Gasteiger partial charge in [-0.2, -0.15) is 0 Å². The Labute approximate surface area is 83.5 Å². The molecule has 0 bridgehead atoms. The molecule has 0 fully saturated rings. The van der Waals surface area contributed by atoms with Crippen molar-refractivity contribution < 1.29 is 5.11 Å². The molecule has 0 unspecified atom stereocenters. The highest BCUT2D eigenvalue weighted by atomic mass is 16.3. The van der Waals surface area contributed by atoms with Gasteiger partial charge >= 0.3 is 0 Å². The minimum absolute atomic E-state index is 0.260. The number of benzene rings is 1. The van der Waals surface area contributed by atoms with Gasteiger partial charge in [0.05, 0.1) is 5.52 Å². The van der Waals surface area contributed by atoms with Gasteiger partial charge in [0.25, 0.3) is 0 Å². The second-order valence-corrected chi connectivity index (χ2v) is 2.79. The summed E-state index contributed by atoms with van der Waals surface area (Å²) in [5.41, 5.74) is 0.826. The second-order valence-electron chi connectivity index (χ2n) is 2.79. The van der Waals surface area contributed by atoms with Crippen LogP contribution in [0.2, 0.25) is 0 Å². The Hall–Kier alpha value is -1.83.